The number of hydrogen-bond acceptors (Lipinski definition) is 5. The minimum absolute atomic E-state index is 0.0152. The number of carbonyl (C=O) groups is 1. The lowest BCUT2D eigenvalue weighted by molar-refractivity contribution is -0.253. The predicted octanol–water partition coefficient (Wildman–Crippen LogP) is 6.92. The van der Waals surface area contributed by atoms with E-state index in [-0.39, 0.29) is 30.4 Å². The second-order valence-electron chi connectivity index (χ2n) is 14.8. The van der Waals surface area contributed by atoms with Crippen molar-refractivity contribution in [1.29, 1.82) is 0 Å². The maximum Gasteiger partial charge on any atom is 0.315 e. The van der Waals surface area contributed by atoms with Gasteiger partial charge >= 0.3 is 6.03 Å². The standard InChI is InChI=1S/C38H51N3O4/c1-2-15-41(33-5-3-4-6-33)24-34-19-35(31-11-9-27(25-42)10-12-31)45-36(44-34)32-13-7-26(8-14-32)23-39-37(43)40-38-20-28-16-29(21-38)18-30(17-28)22-38/h2,7-14,28-30,33-36,42H,1,3-6,15-25H2,(H2,39,40,43)/t28?,29?,30?,34-,35+,36+,38?/m0/s1. The monoisotopic (exact) mass is 613 g/mol. The van der Waals surface area contributed by atoms with Crippen molar-refractivity contribution >= 4 is 6.03 Å². The van der Waals surface area contributed by atoms with Crippen molar-refractivity contribution in [2.45, 2.75) is 114 Å². The van der Waals surface area contributed by atoms with Gasteiger partial charge in [0, 0.05) is 43.2 Å². The molecule has 1 aliphatic heterocycles. The lowest BCUT2D eigenvalue weighted by atomic mass is 9.53. The van der Waals surface area contributed by atoms with Crippen molar-refractivity contribution in [2.75, 3.05) is 13.1 Å². The number of aliphatic hydroxyl groups excluding tert-OH is 1. The van der Waals surface area contributed by atoms with Crippen molar-refractivity contribution < 1.29 is 19.4 Å². The fourth-order valence-corrected chi connectivity index (χ4v) is 9.63. The third kappa shape index (κ3) is 7.17. The molecule has 2 aromatic rings. The first kappa shape index (κ1) is 30.9. The molecule has 2 amide bonds. The Labute approximate surface area is 268 Å². The van der Waals surface area contributed by atoms with Crippen LogP contribution in [-0.4, -0.2) is 46.8 Å². The van der Waals surface area contributed by atoms with Crippen LogP contribution in [0.15, 0.2) is 61.2 Å². The van der Waals surface area contributed by atoms with E-state index in [1.54, 1.807) is 0 Å². The molecule has 3 atom stereocenters. The van der Waals surface area contributed by atoms with Crippen LogP contribution in [0.2, 0.25) is 0 Å². The lowest BCUT2D eigenvalue weighted by Gasteiger charge is -2.56. The first-order chi connectivity index (χ1) is 22.0. The molecule has 6 fully saturated rings. The van der Waals surface area contributed by atoms with Crippen LogP contribution >= 0.6 is 0 Å². The topological polar surface area (TPSA) is 83.1 Å². The van der Waals surface area contributed by atoms with Crippen molar-refractivity contribution in [1.82, 2.24) is 15.5 Å². The zero-order valence-electron chi connectivity index (χ0n) is 26.7. The molecule has 0 radical (unpaired) electrons. The maximum atomic E-state index is 13.0. The normalized spacial score (nSPS) is 32.6. The zero-order valence-corrected chi connectivity index (χ0v) is 26.7. The van der Waals surface area contributed by atoms with Gasteiger partial charge in [0.15, 0.2) is 6.29 Å². The van der Waals surface area contributed by atoms with E-state index in [1.807, 2.05) is 18.2 Å². The Morgan fingerprint density at radius 2 is 1.51 bits per heavy atom. The van der Waals surface area contributed by atoms with Crippen LogP contribution in [0, 0.1) is 17.8 Å². The summed E-state index contributed by atoms with van der Waals surface area (Å²) in [6, 6.07) is 16.9. The van der Waals surface area contributed by atoms with E-state index in [4.69, 9.17) is 9.47 Å². The van der Waals surface area contributed by atoms with Gasteiger partial charge in [-0.05, 0) is 85.8 Å². The van der Waals surface area contributed by atoms with Gasteiger partial charge in [-0.25, -0.2) is 4.79 Å². The van der Waals surface area contributed by atoms with Gasteiger partial charge in [0.2, 0.25) is 0 Å². The molecule has 242 valence electrons. The Hall–Kier alpha value is -2.71. The fourth-order valence-electron chi connectivity index (χ4n) is 9.63. The number of aliphatic hydroxyl groups is 1. The van der Waals surface area contributed by atoms with Gasteiger partial charge in [-0.1, -0.05) is 67.4 Å². The van der Waals surface area contributed by atoms with E-state index >= 15 is 0 Å². The third-order valence-corrected chi connectivity index (χ3v) is 11.4. The summed E-state index contributed by atoms with van der Waals surface area (Å²) in [6.45, 7) is 6.27. The van der Waals surface area contributed by atoms with Crippen LogP contribution in [0.5, 0.6) is 0 Å². The lowest BCUT2D eigenvalue weighted by Crippen LogP contribution is -2.61. The van der Waals surface area contributed by atoms with Crippen molar-refractivity contribution in [3.8, 4) is 0 Å². The van der Waals surface area contributed by atoms with E-state index in [9.17, 15) is 9.90 Å². The van der Waals surface area contributed by atoms with Gasteiger partial charge < -0.3 is 25.2 Å². The molecular formula is C38H51N3O4. The van der Waals surface area contributed by atoms with Crippen LogP contribution in [-0.2, 0) is 22.6 Å². The van der Waals surface area contributed by atoms with Gasteiger partial charge in [-0.15, -0.1) is 6.58 Å². The number of ether oxygens (including phenoxy) is 2. The molecule has 5 saturated carbocycles. The van der Waals surface area contributed by atoms with Gasteiger partial charge in [-0.3, -0.25) is 4.90 Å². The number of rotatable bonds is 11. The average Bonchev–Trinajstić information content (AvgIpc) is 3.58. The number of amides is 2. The summed E-state index contributed by atoms with van der Waals surface area (Å²) in [4.78, 5) is 15.5. The van der Waals surface area contributed by atoms with Crippen molar-refractivity contribution in [3.05, 3.63) is 83.4 Å². The molecule has 7 nitrogen and oxygen atoms in total. The van der Waals surface area contributed by atoms with Crippen LogP contribution in [0.3, 0.4) is 0 Å². The Kier molecular flexibility index (Phi) is 9.32. The highest BCUT2D eigenvalue weighted by Crippen LogP contribution is 2.55. The van der Waals surface area contributed by atoms with Gasteiger partial charge in [-0.2, -0.15) is 0 Å². The summed E-state index contributed by atoms with van der Waals surface area (Å²) in [5.41, 5.74) is 4.06. The average molecular weight is 614 g/mol. The van der Waals surface area contributed by atoms with Crippen LogP contribution in [0.1, 0.15) is 105 Å². The molecule has 0 spiro atoms. The number of urea groups is 1. The number of carbonyl (C=O) groups excluding carboxylic acids is 1. The SMILES string of the molecule is C=CCN(C[C@@H]1C[C@H](c2ccc(CO)cc2)O[C@H](c2ccc(CNC(=O)NC34CC5CC(CC(C5)C3)C4)cc2)O1)C1CCCC1. The number of benzene rings is 2. The second kappa shape index (κ2) is 13.6. The summed E-state index contributed by atoms with van der Waals surface area (Å²) in [6.07, 6.45) is 14.8. The summed E-state index contributed by atoms with van der Waals surface area (Å²) < 4.78 is 13.3. The molecule has 3 N–H and O–H groups in total. The van der Waals surface area contributed by atoms with Gasteiger partial charge in [0.25, 0.3) is 0 Å². The largest absolute Gasteiger partial charge is 0.392 e. The fraction of sp³-hybridized carbons (Fsp3) is 0.605. The smallest absolute Gasteiger partial charge is 0.315 e. The van der Waals surface area contributed by atoms with E-state index in [0.717, 1.165) is 78.8 Å². The molecule has 8 rings (SSSR count). The minimum Gasteiger partial charge on any atom is -0.392 e. The Balaban J connectivity index is 0.999. The predicted molar refractivity (Wildman–Crippen MR) is 175 cm³/mol. The summed E-state index contributed by atoms with van der Waals surface area (Å²) in [5.74, 6) is 2.42. The number of hydrogen-bond donors (Lipinski definition) is 3. The highest BCUT2D eigenvalue weighted by Gasteiger charge is 2.51. The molecule has 2 aromatic carbocycles. The van der Waals surface area contributed by atoms with E-state index < -0.39 is 6.29 Å². The molecule has 4 bridgehead atoms. The molecular weight excluding hydrogens is 562 g/mol. The van der Waals surface area contributed by atoms with Crippen LogP contribution < -0.4 is 10.6 Å². The summed E-state index contributed by atoms with van der Waals surface area (Å²) in [5, 5.41) is 16.1. The molecule has 0 unspecified atom stereocenters. The van der Waals surface area contributed by atoms with Crippen LogP contribution in [0.4, 0.5) is 4.79 Å². The zero-order chi connectivity index (χ0) is 30.8. The van der Waals surface area contributed by atoms with E-state index in [0.29, 0.717) is 12.6 Å². The summed E-state index contributed by atoms with van der Waals surface area (Å²) >= 11 is 0. The minimum atomic E-state index is -0.484. The highest BCUT2D eigenvalue weighted by molar-refractivity contribution is 5.75. The molecule has 7 heteroatoms. The second-order valence-corrected chi connectivity index (χ2v) is 14.8. The van der Waals surface area contributed by atoms with E-state index in [2.05, 4.69) is 58.5 Å². The highest BCUT2D eigenvalue weighted by atomic mass is 16.7. The van der Waals surface area contributed by atoms with Crippen molar-refractivity contribution in [2.24, 2.45) is 17.8 Å². The van der Waals surface area contributed by atoms with Gasteiger partial charge in [0.1, 0.15) is 0 Å². The maximum absolute atomic E-state index is 13.0. The molecule has 6 aliphatic rings. The van der Waals surface area contributed by atoms with Gasteiger partial charge in [0.05, 0.1) is 18.8 Å². The molecule has 1 saturated heterocycles. The number of nitrogens with zero attached hydrogens (tertiary/aromatic N) is 1. The molecule has 5 aliphatic carbocycles. The Morgan fingerprint density at radius 3 is 2.13 bits per heavy atom. The van der Waals surface area contributed by atoms with Crippen molar-refractivity contribution in [3.63, 3.8) is 0 Å². The quantitative estimate of drug-likeness (QED) is 0.240. The first-order valence-corrected chi connectivity index (χ1v) is 17.5. The van der Waals surface area contributed by atoms with Crippen LogP contribution in [0.25, 0.3) is 0 Å². The molecule has 0 aromatic heterocycles. The van der Waals surface area contributed by atoms with E-state index in [1.165, 1.54) is 44.9 Å². The summed E-state index contributed by atoms with van der Waals surface area (Å²) in [7, 11) is 0. The molecule has 1 heterocycles. The Bertz CT molecular complexity index is 1270. The molecule has 45 heavy (non-hydrogen) atoms. The third-order valence-electron chi connectivity index (χ3n) is 11.4. The Morgan fingerprint density at radius 1 is 0.889 bits per heavy atom. The number of nitrogens with one attached hydrogen (secondary N) is 2. The first-order valence-electron chi connectivity index (χ1n) is 17.5.